The molecule has 2 amide bonds. The van der Waals surface area contributed by atoms with Crippen molar-refractivity contribution in [2.24, 2.45) is 5.73 Å². The van der Waals surface area contributed by atoms with Crippen molar-refractivity contribution in [2.75, 3.05) is 11.1 Å². The average molecular weight is 363 g/mol. The van der Waals surface area contributed by atoms with Gasteiger partial charge in [-0.1, -0.05) is 0 Å². The van der Waals surface area contributed by atoms with Crippen molar-refractivity contribution in [1.82, 2.24) is 0 Å². The molecule has 0 fully saturated rings. The minimum absolute atomic E-state index is 0.0903. The fourth-order valence-electron chi connectivity index (χ4n) is 2.74. The topological polar surface area (TPSA) is 99.1 Å². The zero-order valence-corrected chi connectivity index (χ0v) is 14.5. The van der Waals surface area contributed by atoms with Gasteiger partial charge in [0, 0.05) is 17.0 Å². The molecule has 0 aromatic carbocycles. The van der Waals surface area contributed by atoms with E-state index in [2.05, 4.69) is 5.32 Å². The van der Waals surface area contributed by atoms with Crippen molar-refractivity contribution in [1.29, 1.82) is 0 Å². The summed E-state index contributed by atoms with van der Waals surface area (Å²) in [6, 6.07) is 5.03. The third-order valence-electron chi connectivity index (χ3n) is 3.81. The van der Waals surface area contributed by atoms with Gasteiger partial charge in [-0.3, -0.25) is 9.59 Å². The molecule has 3 N–H and O–H groups in total. The van der Waals surface area contributed by atoms with Crippen molar-refractivity contribution < 1.29 is 14.3 Å². The van der Waals surface area contributed by atoms with Crippen LogP contribution in [0.15, 0.2) is 29.4 Å². The maximum atomic E-state index is 12.2. The average Bonchev–Trinajstić information content (AvgIpc) is 2.92. The van der Waals surface area contributed by atoms with Crippen LogP contribution in [0.4, 0.5) is 5.00 Å². The number of anilines is 1. The molecule has 8 heteroatoms. The molecule has 0 atom stereocenters. The second kappa shape index (κ2) is 7.23. The third-order valence-corrected chi connectivity index (χ3v) is 6.04. The van der Waals surface area contributed by atoms with E-state index in [9.17, 15) is 14.8 Å². The molecule has 3 rings (SSSR count). The number of hydrogen-bond donors (Lipinski definition) is 2. The number of nitrogens with one attached hydrogen (secondary N) is 1. The van der Waals surface area contributed by atoms with Gasteiger partial charge < -0.3 is 16.3 Å². The highest BCUT2D eigenvalue weighted by Gasteiger charge is 2.25. The molecule has 0 unspecified atom stereocenters. The number of aryl methyl sites for hydroxylation is 1. The molecule has 0 saturated heterocycles. The molecule has 126 valence electrons. The Morgan fingerprint density at radius 1 is 1.33 bits per heavy atom. The summed E-state index contributed by atoms with van der Waals surface area (Å²) in [7, 11) is 0. The van der Waals surface area contributed by atoms with Crippen molar-refractivity contribution in [3.05, 3.63) is 45.6 Å². The molecule has 0 saturated carbocycles. The molecule has 0 aliphatic heterocycles. The molecule has 2 aromatic rings. The Bertz CT molecular complexity index is 789. The first-order valence-electron chi connectivity index (χ1n) is 7.61. The molecule has 0 radical (unpaired) electrons. The van der Waals surface area contributed by atoms with E-state index in [-0.39, 0.29) is 11.7 Å². The van der Waals surface area contributed by atoms with Gasteiger partial charge in [0.2, 0.25) is 5.91 Å². The Hall–Kier alpha value is -2.06. The number of rotatable bonds is 5. The number of primary amides is 1. The number of thiophene rings is 1. The van der Waals surface area contributed by atoms with Gasteiger partial charge >= 0.3 is 0 Å². The Morgan fingerprint density at radius 3 is 2.88 bits per heavy atom. The third kappa shape index (κ3) is 3.54. The number of pyridine rings is 1. The summed E-state index contributed by atoms with van der Waals surface area (Å²) in [5, 5.41) is 15.3. The molecule has 24 heavy (non-hydrogen) atoms. The Kier molecular flexibility index (Phi) is 5.06. The smallest absolute Gasteiger partial charge is 0.251 e. The van der Waals surface area contributed by atoms with E-state index in [0.29, 0.717) is 15.6 Å². The minimum atomic E-state index is -0.502. The predicted molar refractivity (Wildman–Crippen MR) is 94.2 cm³/mol. The van der Waals surface area contributed by atoms with Gasteiger partial charge in [-0.25, -0.2) is 0 Å². The van der Waals surface area contributed by atoms with Crippen LogP contribution in [0.25, 0.3) is 0 Å². The quantitative estimate of drug-likeness (QED) is 0.483. The number of amides is 2. The van der Waals surface area contributed by atoms with Crippen LogP contribution >= 0.6 is 23.1 Å². The van der Waals surface area contributed by atoms with Crippen molar-refractivity contribution >= 4 is 39.9 Å². The van der Waals surface area contributed by atoms with E-state index in [1.165, 1.54) is 17.5 Å². The van der Waals surface area contributed by atoms with Gasteiger partial charge in [0.05, 0.1) is 11.3 Å². The summed E-state index contributed by atoms with van der Waals surface area (Å²) in [6.07, 6.45) is 5.26. The lowest BCUT2D eigenvalue weighted by Gasteiger charge is -2.11. The fraction of sp³-hybridized carbons (Fsp3) is 0.312. The number of aromatic nitrogens is 1. The van der Waals surface area contributed by atoms with Crippen LogP contribution in [0, 0.1) is 5.21 Å². The molecule has 1 aliphatic rings. The van der Waals surface area contributed by atoms with Crippen LogP contribution < -0.4 is 15.8 Å². The van der Waals surface area contributed by atoms with Gasteiger partial charge in [-0.05, 0) is 49.1 Å². The lowest BCUT2D eigenvalue weighted by atomic mass is 9.95. The number of hydrogen-bond acceptors (Lipinski definition) is 5. The SMILES string of the molecule is NC(=O)c1c(NC(=O)CSc2cccc[n+]2[O-])sc2c1CCCC2. The number of carbonyl (C=O) groups is 2. The van der Waals surface area contributed by atoms with Crippen LogP contribution in [0.3, 0.4) is 0 Å². The minimum Gasteiger partial charge on any atom is -0.618 e. The van der Waals surface area contributed by atoms with Crippen molar-refractivity contribution in [3.63, 3.8) is 0 Å². The monoisotopic (exact) mass is 363 g/mol. The Labute approximate surface area is 147 Å². The number of nitrogens with two attached hydrogens (primary N) is 1. The molecule has 2 aromatic heterocycles. The highest BCUT2D eigenvalue weighted by Crippen LogP contribution is 2.37. The second-order valence-electron chi connectivity index (χ2n) is 5.48. The second-order valence-corrected chi connectivity index (χ2v) is 7.58. The summed E-state index contributed by atoms with van der Waals surface area (Å²) in [5.41, 5.74) is 6.95. The van der Waals surface area contributed by atoms with Crippen LogP contribution in [-0.4, -0.2) is 17.6 Å². The maximum absolute atomic E-state index is 12.2. The zero-order valence-electron chi connectivity index (χ0n) is 12.9. The Morgan fingerprint density at radius 2 is 2.12 bits per heavy atom. The maximum Gasteiger partial charge on any atom is 0.251 e. The molecule has 0 spiro atoms. The number of fused-ring (bicyclic) bond motifs is 1. The molecular formula is C16H17N3O3S2. The summed E-state index contributed by atoms with van der Waals surface area (Å²) < 4.78 is 0.719. The van der Waals surface area contributed by atoms with E-state index >= 15 is 0 Å². The molecule has 1 aliphatic carbocycles. The van der Waals surface area contributed by atoms with Gasteiger partial charge in [-0.2, -0.15) is 4.73 Å². The fourth-order valence-corrected chi connectivity index (χ4v) is 4.77. The lowest BCUT2D eigenvalue weighted by Crippen LogP contribution is -2.28. The van der Waals surface area contributed by atoms with Crippen molar-refractivity contribution in [3.8, 4) is 0 Å². The zero-order chi connectivity index (χ0) is 17.1. The standard InChI is InChI=1S/C16H17N3O3S2/c17-15(21)14-10-5-1-2-6-11(10)24-16(14)18-12(20)9-23-13-7-3-4-8-19(13)22/h3-4,7-8H,1-2,5-6,9H2,(H2,17,21)(H,18,20). The first-order valence-corrected chi connectivity index (χ1v) is 9.41. The van der Waals surface area contributed by atoms with E-state index in [0.717, 1.165) is 52.6 Å². The lowest BCUT2D eigenvalue weighted by molar-refractivity contribution is -0.645. The Balaban J connectivity index is 1.71. The molecule has 0 bridgehead atoms. The first-order chi connectivity index (χ1) is 11.6. The van der Waals surface area contributed by atoms with Crippen molar-refractivity contribution in [2.45, 2.75) is 30.7 Å². The van der Waals surface area contributed by atoms with Gasteiger partial charge in [0.15, 0.2) is 6.20 Å². The van der Waals surface area contributed by atoms with E-state index in [1.54, 1.807) is 18.2 Å². The molecule has 2 heterocycles. The highest BCUT2D eigenvalue weighted by molar-refractivity contribution is 7.99. The summed E-state index contributed by atoms with van der Waals surface area (Å²) in [5.74, 6) is -0.671. The van der Waals surface area contributed by atoms with Gasteiger partial charge in [-0.15, -0.1) is 11.3 Å². The molecular weight excluding hydrogens is 346 g/mol. The van der Waals surface area contributed by atoms with E-state index < -0.39 is 5.91 Å². The summed E-state index contributed by atoms with van der Waals surface area (Å²) in [6.45, 7) is 0. The normalized spacial score (nSPS) is 13.3. The van der Waals surface area contributed by atoms with Crippen LogP contribution in [0.5, 0.6) is 0 Å². The van der Waals surface area contributed by atoms with E-state index in [1.807, 2.05) is 0 Å². The first kappa shape index (κ1) is 16.8. The van der Waals surface area contributed by atoms with Gasteiger partial charge in [0.25, 0.3) is 10.9 Å². The van der Waals surface area contributed by atoms with Crippen LogP contribution in [0.1, 0.15) is 33.6 Å². The van der Waals surface area contributed by atoms with Crippen LogP contribution in [-0.2, 0) is 17.6 Å². The number of carbonyl (C=O) groups excluding carboxylic acids is 2. The van der Waals surface area contributed by atoms with E-state index in [4.69, 9.17) is 5.73 Å². The highest BCUT2D eigenvalue weighted by atomic mass is 32.2. The number of nitrogens with zero attached hydrogens (tertiary/aromatic N) is 1. The summed E-state index contributed by atoms with van der Waals surface area (Å²) >= 11 is 2.58. The van der Waals surface area contributed by atoms with Gasteiger partial charge in [0.1, 0.15) is 5.00 Å². The molecule has 6 nitrogen and oxygen atoms in total. The largest absolute Gasteiger partial charge is 0.618 e. The predicted octanol–water partition coefficient (Wildman–Crippen LogP) is 2.09. The number of thioether (sulfide) groups is 1. The van der Waals surface area contributed by atoms with Crippen LogP contribution in [0.2, 0.25) is 0 Å². The summed E-state index contributed by atoms with van der Waals surface area (Å²) in [4.78, 5) is 25.1.